The first-order valence-corrected chi connectivity index (χ1v) is 10.8. The third-order valence-electron chi connectivity index (χ3n) is 4.21. The summed E-state index contributed by atoms with van der Waals surface area (Å²) in [5.41, 5.74) is 5.55. The molecule has 0 radical (unpaired) electrons. The molecular formula is C20H21Cl2N3O5S. The molecule has 3 amide bonds. The highest BCUT2D eigenvalue weighted by Crippen LogP contribution is 2.23. The van der Waals surface area contributed by atoms with E-state index in [1.807, 2.05) is 0 Å². The zero-order chi connectivity index (χ0) is 23.3. The average molecular weight is 486 g/mol. The van der Waals surface area contributed by atoms with Crippen molar-refractivity contribution in [2.45, 2.75) is 32.9 Å². The lowest BCUT2D eigenvalue weighted by Gasteiger charge is -2.23. The van der Waals surface area contributed by atoms with E-state index in [0.29, 0.717) is 5.02 Å². The Morgan fingerprint density at radius 2 is 1.74 bits per heavy atom. The fraction of sp³-hybridized carbons (Fsp3) is 0.300. The van der Waals surface area contributed by atoms with Crippen LogP contribution in [0, 0.1) is 5.92 Å². The van der Waals surface area contributed by atoms with E-state index in [4.69, 9.17) is 33.7 Å². The molecule has 2 atom stereocenters. The Balaban J connectivity index is 2.05. The SMILES string of the molecule is CC(C)[C@@H](NC(=O)c1ccc(Cl)cc1Cl)C(=O)O[C@H](C)C(=O)Nc1sccc1C(N)=O. The lowest BCUT2D eigenvalue weighted by molar-refractivity contribution is -0.156. The molecule has 31 heavy (non-hydrogen) atoms. The minimum atomic E-state index is -1.19. The average Bonchev–Trinajstić information content (AvgIpc) is 3.13. The maximum absolute atomic E-state index is 12.6. The van der Waals surface area contributed by atoms with Crippen LogP contribution in [0.1, 0.15) is 41.5 Å². The van der Waals surface area contributed by atoms with E-state index in [2.05, 4.69) is 10.6 Å². The Morgan fingerprint density at radius 3 is 2.32 bits per heavy atom. The monoisotopic (exact) mass is 485 g/mol. The number of halogens is 2. The summed E-state index contributed by atoms with van der Waals surface area (Å²) in [6.45, 7) is 4.80. The highest BCUT2D eigenvalue weighted by atomic mass is 35.5. The molecule has 0 spiro atoms. The normalized spacial score (nSPS) is 12.7. The van der Waals surface area contributed by atoms with Gasteiger partial charge in [-0.1, -0.05) is 37.0 Å². The number of benzene rings is 1. The maximum Gasteiger partial charge on any atom is 0.329 e. The zero-order valence-corrected chi connectivity index (χ0v) is 19.2. The molecule has 2 aromatic rings. The molecule has 166 valence electrons. The summed E-state index contributed by atoms with van der Waals surface area (Å²) in [5, 5.41) is 7.44. The van der Waals surface area contributed by atoms with Gasteiger partial charge in [0.1, 0.15) is 11.0 Å². The van der Waals surface area contributed by atoms with Crippen LogP contribution in [-0.4, -0.2) is 35.8 Å². The Hall–Kier alpha value is -2.62. The van der Waals surface area contributed by atoms with Gasteiger partial charge in [0.05, 0.1) is 16.1 Å². The number of anilines is 1. The minimum Gasteiger partial charge on any atom is -0.451 e. The number of nitrogens with two attached hydrogens (primary N) is 1. The van der Waals surface area contributed by atoms with Crippen molar-refractivity contribution in [1.29, 1.82) is 0 Å². The molecule has 2 rings (SSSR count). The van der Waals surface area contributed by atoms with Gasteiger partial charge in [-0.15, -0.1) is 11.3 Å². The molecule has 0 fully saturated rings. The van der Waals surface area contributed by atoms with Crippen LogP contribution in [0.2, 0.25) is 10.0 Å². The summed E-state index contributed by atoms with van der Waals surface area (Å²) in [4.78, 5) is 49.0. The van der Waals surface area contributed by atoms with Gasteiger partial charge in [-0.2, -0.15) is 0 Å². The molecule has 0 saturated heterocycles. The highest BCUT2D eigenvalue weighted by molar-refractivity contribution is 7.14. The van der Waals surface area contributed by atoms with Crippen molar-refractivity contribution in [3.8, 4) is 0 Å². The first-order valence-electron chi connectivity index (χ1n) is 9.15. The molecule has 8 nitrogen and oxygen atoms in total. The lowest BCUT2D eigenvalue weighted by atomic mass is 10.0. The topological polar surface area (TPSA) is 128 Å². The van der Waals surface area contributed by atoms with Crippen LogP contribution < -0.4 is 16.4 Å². The first-order chi connectivity index (χ1) is 14.5. The van der Waals surface area contributed by atoms with Crippen LogP contribution in [0.4, 0.5) is 5.00 Å². The number of carbonyl (C=O) groups excluding carboxylic acids is 4. The first kappa shape index (κ1) is 24.6. The maximum atomic E-state index is 12.6. The molecule has 0 saturated carbocycles. The van der Waals surface area contributed by atoms with E-state index in [-0.39, 0.29) is 27.1 Å². The van der Waals surface area contributed by atoms with Crippen molar-refractivity contribution in [2.75, 3.05) is 5.32 Å². The van der Waals surface area contributed by atoms with Crippen LogP contribution in [0.3, 0.4) is 0 Å². The van der Waals surface area contributed by atoms with Gasteiger partial charge in [0.25, 0.3) is 17.7 Å². The molecule has 0 aliphatic heterocycles. The highest BCUT2D eigenvalue weighted by Gasteiger charge is 2.30. The second-order valence-electron chi connectivity index (χ2n) is 6.92. The quantitative estimate of drug-likeness (QED) is 0.493. The third kappa shape index (κ3) is 6.43. The van der Waals surface area contributed by atoms with Crippen LogP contribution in [0.5, 0.6) is 0 Å². The lowest BCUT2D eigenvalue weighted by Crippen LogP contribution is -2.47. The number of amides is 3. The Bertz CT molecular complexity index is 1010. The predicted octanol–water partition coefficient (Wildman–Crippen LogP) is 3.48. The van der Waals surface area contributed by atoms with Crippen molar-refractivity contribution < 1.29 is 23.9 Å². The van der Waals surface area contributed by atoms with Gasteiger partial charge in [-0.25, -0.2) is 4.79 Å². The largest absolute Gasteiger partial charge is 0.451 e. The van der Waals surface area contributed by atoms with Gasteiger partial charge in [-0.3, -0.25) is 14.4 Å². The number of thiophene rings is 1. The Kier molecular flexibility index (Phi) is 8.43. The number of carbonyl (C=O) groups is 4. The van der Waals surface area contributed by atoms with E-state index in [9.17, 15) is 19.2 Å². The van der Waals surface area contributed by atoms with Crippen LogP contribution in [0.25, 0.3) is 0 Å². The number of rotatable bonds is 8. The van der Waals surface area contributed by atoms with E-state index in [1.54, 1.807) is 19.2 Å². The standard InChI is InChI=1S/C20H21Cl2N3O5S/c1-9(2)15(24-18(28)12-5-4-11(21)8-14(12)22)20(29)30-10(3)17(27)25-19-13(16(23)26)6-7-31-19/h4-10,15H,1-3H3,(H2,23,26)(H,24,28)(H,25,27)/t10-,15-/m1/s1. The third-order valence-corrected chi connectivity index (χ3v) is 5.59. The molecule has 1 aromatic heterocycles. The number of ether oxygens (including phenoxy) is 1. The molecule has 0 aliphatic carbocycles. The fourth-order valence-electron chi connectivity index (χ4n) is 2.51. The van der Waals surface area contributed by atoms with Crippen LogP contribution >= 0.6 is 34.5 Å². The summed E-state index contributed by atoms with van der Waals surface area (Å²) < 4.78 is 5.24. The van der Waals surface area contributed by atoms with E-state index < -0.39 is 35.8 Å². The molecule has 1 aromatic carbocycles. The minimum absolute atomic E-state index is 0.134. The van der Waals surface area contributed by atoms with Crippen LogP contribution in [-0.2, 0) is 14.3 Å². The van der Waals surface area contributed by atoms with Gasteiger partial charge in [0, 0.05) is 5.02 Å². The van der Waals surface area contributed by atoms with Gasteiger partial charge in [-0.05, 0) is 42.5 Å². The smallest absolute Gasteiger partial charge is 0.329 e. The Labute approximate surface area is 193 Å². The van der Waals surface area contributed by atoms with E-state index in [1.165, 1.54) is 31.2 Å². The summed E-state index contributed by atoms with van der Waals surface area (Å²) >= 11 is 13.0. The molecule has 0 aliphatic rings. The molecule has 4 N–H and O–H groups in total. The second-order valence-corrected chi connectivity index (χ2v) is 8.68. The predicted molar refractivity (Wildman–Crippen MR) is 120 cm³/mol. The number of hydrogen-bond donors (Lipinski definition) is 3. The number of nitrogens with one attached hydrogen (secondary N) is 2. The molecule has 1 heterocycles. The number of esters is 1. The van der Waals surface area contributed by atoms with Crippen molar-refractivity contribution in [3.05, 3.63) is 50.8 Å². The second kappa shape index (κ2) is 10.6. The summed E-state index contributed by atoms with van der Waals surface area (Å²) in [6.07, 6.45) is -1.19. The van der Waals surface area contributed by atoms with Crippen molar-refractivity contribution in [3.63, 3.8) is 0 Å². The number of hydrogen-bond acceptors (Lipinski definition) is 6. The summed E-state index contributed by atoms with van der Waals surface area (Å²) in [5.74, 6) is -3.05. The van der Waals surface area contributed by atoms with Crippen molar-refractivity contribution in [1.82, 2.24) is 5.32 Å². The Morgan fingerprint density at radius 1 is 1.06 bits per heavy atom. The van der Waals surface area contributed by atoms with Crippen molar-refractivity contribution >= 4 is 63.2 Å². The molecule has 11 heteroatoms. The summed E-state index contributed by atoms with van der Waals surface area (Å²) in [6, 6.07) is 4.81. The van der Waals surface area contributed by atoms with Crippen LogP contribution in [0.15, 0.2) is 29.6 Å². The van der Waals surface area contributed by atoms with Crippen molar-refractivity contribution in [2.24, 2.45) is 11.7 Å². The fourth-order valence-corrected chi connectivity index (χ4v) is 3.79. The van der Waals surface area contributed by atoms with Gasteiger partial charge >= 0.3 is 5.97 Å². The van der Waals surface area contributed by atoms with Gasteiger partial charge < -0.3 is 21.1 Å². The van der Waals surface area contributed by atoms with Gasteiger partial charge in [0.2, 0.25) is 0 Å². The molecule has 0 unspecified atom stereocenters. The van der Waals surface area contributed by atoms with E-state index >= 15 is 0 Å². The van der Waals surface area contributed by atoms with Gasteiger partial charge in [0.15, 0.2) is 6.10 Å². The summed E-state index contributed by atoms with van der Waals surface area (Å²) in [7, 11) is 0. The molecular weight excluding hydrogens is 465 g/mol. The zero-order valence-electron chi connectivity index (χ0n) is 16.9. The number of primary amides is 1. The van der Waals surface area contributed by atoms with E-state index in [0.717, 1.165) is 11.3 Å². The molecule has 0 bridgehead atoms.